The van der Waals surface area contributed by atoms with Crippen molar-refractivity contribution < 1.29 is 18.8 Å². The molecule has 1 aliphatic heterocycles. The number of fused-ring (bicyclic) bond motifs is 1. The summed E-state index contributed by atoms with van der Waals surface area (Å²) in [6, 6.07) is 0.219. The second-order valence-electron chi connectivity index (χ2n) is 7.93. The highest BCUT2D eigenvalue weighted by molar-refractivity contribution is 5.78. The van der Waals surface area contributed by atoms with Gasteiger partial charge in [0, 0.05) is 50.1 Å². The number of aromatic nitrogens is 1. The van der Waals surface area contributed by atoms with Crippen molar-refractivity contribution in [3.8, 4) is 0 Å². The number of rotatable bonds is 8. The van der Waals surface area contributed by atoms with E-state index in [9.17, 15) is 9.59 Å². The third kappa shape index (κ3) is 4.18. The van der Waals surface area contributed by atoms with Gasteiger partial charge in [-0.2, -0.15) is 0 Å². The molecule has 1 aromatic heterocycles. The molecular formula is C20H31N3O4. The van der Waals surface area contributed by atoms with Crippen molar-refractivity contribution in [2.45, 2.75) is 64.8 Å². The highest BCUT2D eigenvalue weighted by Gasteiger charge is 2.50. The third-order valence-corrected chi connectivity index (χ3v) is 6.35. The van der Waals surface area contributed by atoms with E-state index in [0.29, 0.717) is 39.0 Å². The van der Waals surface area contributed by atoms with Gasteiger partial charge in [-0.05, 0) is 39.5 Å². The average Bonchev–Trinajstić information content (AvgIpc) is 3.22. The van der Waals surface area contributed by atoms with Crippen molar-refractivity contribution in [2.24, 2.45) is 5.41 Å². The number of carbonyl (C=O) groups is 2. The van der Waals surface area contributed by atoms with E-state index in [4.69, 9.17) is 9.26 Å². The molecule has 27 heavy (non-hydrogen) atoms. The topological polar surface area (TPSA) is 84.7 Å². The summed E-state index contributed by atoms with van der Waals surface area (Å²) < 4.78 is 10.3. The Hall–Kier alpha value is -1.89. The first-order valence-corrected chi connectivity index (χ1v) is 9.94. The number of hydrogen-bond acceptors (Lipinski definition) is 5. The Balaban J connectivity index is 1.57. The van der Waals surface area contributed by atoms with Crippen molar-refractivity contribution in [2.75, 3.05) is 26.8 Å². The van der Waals surface area contributed by atoms with Gasteiger partial charge < -0.3 is 19.5 Å². The van der Waals surface area contributed by atoms with Crippen LogP contribution in [0.3, 0.4) is 0 Å². The number of piperidine rings is 1. The van der Waals surface area contributed by atoms with E-state index in [1.165, 1.54) is 0 Å². The second-order valence-corrected chi connectivity index (χ2v) is 7.93. The zero-order valence-corrected chi connectivity index (χ0v) is 16.7. The van der Waals surface area contributed by atoms with Gasteiger partial charge in [0.1, 0.15) is 5.76 Å². The van der Waals surface area contributed by atoms with Crippen LogP contribution in [-0.4, -0.2) is 54.7 Å². The number of likely N-dealkylation sites (tertiary alicyclic amines) is 1. The summed E-state index contributed by atoms with van der Waals surface area (Å²) in [5.74, 6) is 1.06. The SMILES string of the molecule is COCCN1C(=O)CCC2(CNC(=O)CCc3c(C)noc3C)CCCC12. The molecule has 1 saturated carbocycles. The molecule has 1 aliphatic carbocycles. The van der Waals surface area contributed by atoms with Crippen LogP contribution in [0.25, 0.3) is 0 Å². The molecule has 150 valence electrons. The van der Waals surface area contributed by atoms with Crippen molar-refractivity contribution >= 4 is 11.8 Å². The quantitative estimate of drug-likeness (QED) is 0.750. The van der Waals surface area contributed by atoms with E-state index in [1.807, 2.05) is 18.7 Å². The Kier molecular flexibility index (Phi) is 6.19. The van der Waals surface area contributed by atoms with Crippen LogP contribution in [0.15, 0.2) is 4.52 Å². The van der Waals surface area contributed by atoms with Crippen molar-refractivity contribution in [1.82, 2.24) is 15.4 Å². The van der Waals surface area contributed by atoms with E-state index in [-0.39, 0.29) is 23.3 Å². The van der Waals surface area contributed by atoms with E-state index in [2.05, 4.69) is 10.5 Å². The van der Waals surface area contributed by atoms with Crippen LogP contribution in [0, 0.1) is 19.3 Å². The number of hydrogen-bond donors (Lipinski definition) is 1. The number of nitrogens with zero attached hydrogens (tertiary/aromatic N) is 2. The Labute approximate surface area is 160 Å². The van der Waals surface area contributed by atoms with Gasteiger partial charge in [0.05, 0.1) is 12.3 Å². The van der Waals surface area contributed by atoms with Crippen molar-refractivity contribution in [3.05, 3.63) is 17.0 Å². The fraction of sp³-hybridized carbons (Fsp3) is 0.750. The molecule has 2 amide bonds. The molecule has 0 spiro atoms. The first-order valence-electron chi connectivity index (χ1n) is 9.94. The lowest BCUT2D eigenvalue weighted by molar-refractivity contribution is -0.142. The molecule has 7 heteroatoms. The average molecular weight is 377 g/mol. The first-order chi connectivity index (χ1) is 13.0. The molecule has 1 aromatic rings. The lowest BCUT2D eigenvalue weighted by Gasteiger charge is -2.46. The molecule has 2 heterocycles. The van der Waals surface area contributed by atoms with Crippen LogP contribution < -0.4 is 5.32 Å². The summed E-state index contributed by atoms with van der Waals surface area (Å²) in [5, 5.41) is 7.09. The van der Waals surface area contributed by atoms with Gasteiger partial charge >= 0.3 is 0 Å². The van der Waals surface area contributed by atoms with E-state index >= 15 is 0 Å². The summed E-state index contributed by atoms with van der Waals surface area (Å²) in [4.78, 5) is 26.8. The number of methoxy groups -OCH3 is 1. The molecule has 0 radical (unpaired) electrons. The predicted molar refractivity (Wildman–Crippen MR) is 100 cm³/mol. The number of carbonyl (C=O) groups excluding carboxylic acids is 2. The Bertz CT molecular complexity index is 667. The van der Waals surface area contributed by atoms with Gasteiger partial charge in [0.25, 0.3) is 0 Å². The molecule has 2 atom stereocenters. The van der Waals surface area contributed by atoms with Gasteiger partial charge in [-0.3, -0.25) is 9.59 Å². The number of ether oxygens (including phenoxy) is 1. The molecule has 3 rings (SSSR count). The lowest BCUT2D eigenvalue weighted by Crippen LogP contribution is -2.56. The van der Waals surface area contributed by atoms with Crippen LogP contribution in [-0.2, 0) is 20.7 Å². The minimum atomic E-state index is 0.0142. The molecule has 0 bridgehead atoms. The van der Waals surface area contributed by atoms with Gasteiger partial charge in [-0.15, -0.1) is 0 Å². The molecule has 2 fully saturated rings. The molecule has 2 unspecified atom stereocenters. The Morgan fingerprint density at radius 3 is 2.93 bits per heavy atom. The maximum absolute atomic E-state index is 12.4. The summed E-state index contributed by atoms with van der Waals surface area (Å²) in [7, 11) is 1.66. The fourth-order valence-corrected chi connectivity index (χ4v) is 4.80. The number of aryl methyl sites for hydroxylation is 2. The van der Waals surface area contributed by atoms with Gasteiger partial charge in [0.2, 0.25) is 11.8 Å². The fourth-order valence-electron chi connectivity index (χ4n) is 4.80. The molecule has 0 aromatic carbocycles. The van der Waals surface area contributed by atoms with Crippen molar-refractivity contribution in [3.63, 3.8) is 0 Å². The highest BCUT2D eigenvalue weighted by atomic mass is 16.5. The van der Waals surface area contributed by atoms with Crippen LogP contribution in [0.1, 0.15) is 55.5 Å². The van der Waals surface area contributed by atoms with Crippen LogP contribution in [0.2, 0.25) is 0 Å². The Morgan fingerprint density at radius 1 is 1.41 bits per heavy atom. The van der Waals surface area contributed by atoms with E-state index in [1.54, 1.807) is 7.11 Å². The zero-order chi connectivity index (χ0) is 19.4. The zero-order valence-electron chi connectivity index (χ0n) is 16.7. The van der Waals surface area contributed by atoms with Gasteiger partial charge in [0.15, 0.2) is 0 Å². The number of nitrogens with one attached hydrogen (secondary N) is 1. The normalized spacial score (nSPS) is 24.9. The smallest absolute Gasteiger partial charge is 0.222 e. The molecule has 1 N–H and O–H groups in total. The van der Waals surface area contributed by atoms with Crippen molar-refractivity contribution in [1.29, 1.82) is 0 Å². The Morgan fingerprint density at radius 2 is 2.22 bits per heavy atom. The maximum Gasteiger partial charge on any atom is 0.222 e. The van der Waals surface area contributed by atoms with E-state index in [0.717, 1.165) is 42.7 Å². The van der Waals surface area contributed by atoms with Crippen LogP contribution in [0.5, 0.6) is 0 Å². The minimum Gasteiger partial charge on any atom is -0.383 e. The summed E-state index contributed by atoms with van der Waals surface area (Å²) in [6.45, 7) is 5.63. The van der Waals surface area contributed by atoms with Gasteiger partial charge in [-0.25, -0.2) is 0 Å². The van der Waals surface area contributed by atoms with E-state index < -0.39 is 0 Å². The first kappa shape index (κ1) is 19.9. The molecule has 7 nitrogen and oxygen atoms in total. The summed E-state index contributed by atoms with van der Waals surface area (Å²) >= 11 is 0. The predicted octanol–water partition coefficient (Wildman–Crippen LogP) is 2.15. The maximum atomic E-state index is 12.4. The standard InChI is InChI=1S/C20H31N3O4/c1-14-16(15(2)27-22-14)6-7-18(24)21-13-20-9-4-5-17(20)23(11-12-26-3)19(25)8-10-20/h17H,4-13H2,1-3H3,(H,21,24). The molecule has 1 saturated heterocycles. The molecule has 2 aliphatic rings. The number of amides is 2. The third-order valence-electron chi connectivity index (χ3n) is 6.35. The summed E-state index contributed by atoms with van der Waals surface area (Å²) in [6.07, 6.45) is 5.69. The highest BCUT2D eigenvalue weighted by Crippen LogP contribution is 2.47. The lowest BCUT2D eigenvalue weighted by atomic mass is 9.74. The largest absolute Gasteiger partial charge is 0.383 e. The monoisotopic (exact) mass is 377 g/mol. The summed E-state index contributed by atoms with van der Waals surface area (Å²) in [5.41, 5.74) is 1.89. The minimum absolute atomic E-state index is 0.0142. The van der Waals surface area contributed by atoms with Gasteiger partial charge in [-0.1, -0.05) is 11.6 Å². The second kappa shape index (κ2) is 8.42. The van der Waals surface area contributed by atoms with Crippen LogP contribution >= 0.6 is 0 Å². The molecular weight excluding hydrogens is 346 g/mol. The van der Waals surface area contributed by atoms with Crippen LogP contribution in [0.4, 0.5) is 0 Å².